The lowest BCUT2D eigenvalue weighted by molar-refractivity contribution is 0.0954. The second-order valence-electron chi connectivity index (χ2n) is 5.05. The van der Waals surface area contributed by atoms with Gasteiger partial charge in [-0.25, -0.2) is 0 Å². The maximum Gasteiger partial charge on any atom is 0.251 e. The monoisotopic (exact) mass is 308 g/mol. The minimum absolute atomic E-state index is 0.119. The molecule has 2 heterocycles. The summed E-state index contributed by atoms with van der Waals surface area (Å²) in [6.07, 6.45) is 4.25. The summed E-state index contributed by atoms with van der Waals surface area (Å²) in [7, 11) is 0. The number of amides is 1. The fourth-order valence-corrected chi connectivity index (χ4v) is 2.22. The minimum Gasteiger partial charge on any atom is -0.352 e. The van der Waals surface area contributed by atoms with E-state index in [2.05, 4.69) is 25.8 Å². The zero-order valence-electron chi connectivity index (χ0n) is 12.7. The lowest BCUT2D eigenvalue weighted by atomic mass is 10.1. The van der Waals surface area contributed by atoms with E-state index in [0.29, 0.717) is 17.9 Å². The van der Waals surface area contributed by atoms with Gasteiger partial charge in [0.05, 0.1) is 5.69 Å². The van der Waals surface area contributed by atoms with Crippen molar-refractivity contribution in [2.45, 2.75) is 13.3 Å². The molecule has 0 spiro atoms. The smallest absolute Gasteiger partial charge is 0.251 e. The molecule has 1 amide bonds. The van der Waals surface area contributed by atoms with Gasteiger partial charge in [-0.2, -0.15) is 4.68 Å². The number of benzene rings is 1. The molecule has 7 heteroatoms. The summed E-state index contributed by atoms with van der Waals surface area (Å²) < 4.78 is 1.59. The van der Waals surface area contributed by atoms with Gasteiger partial charge in [0.25, 0.3) is 5.91 Å². The molecule has 116 valence electrons. The molecule has 0 saturated carbocycles. The Bertz CT molecular complexity index is 799. The fraction of sp³-hybridized carbons (Fsp3) is 0.188. The summed E-state index contributed by atoms with van der Waals surface area (Å²) in [5.41, 5.74) is 2.47. The Hall–Kier alpha value is -3.09. The lowest BCUT2D eigenvalue weighted by Crippen LogP contribution is -2.25. The van der Waals surface area contributed by atoms with Crippen LogP contribution < -0.4 is 5.32 Å². The third-order valence-corrected chi connectivity index (χ3v) is 3.43. The average molecular weight is 308 g/mol. The maximum absolute atomic E-state index is 12.3. The Balaban J connectivity index is 1.65. The van der Waals surface area contributed by atoms with Crippen LogP contribution in [-0.4, -0.2) is 37.6 Å². The molecule has 0 unspecified atom stereocenters. The van der Waals surface area contributed by atoms with Crippen molar-refractivity contribution >= 4 is 5.91 Å². The first-order valence-electron chi connectivity index (χ1n) is 7.26. The second-order valence-corrected chi connectivity index (χ2v) is 5.05. The number of hydrogen-bond acceptors (Lipinski definition) is 5. The van der Waals surface area contributed by atoms with Crippen LogP contribution in [0.3, 0.4) is 0 Å². The van der Waals surface area contributed by atoms with E-state index < -0.39 is 0 Å². The van der Waals surface area contributed by atoms with Crippen LogP contribution in [0.4, 0.5) is 0 Å². The average Bonchev–Trinajstić information content (AvgIpc) is 3.02. The van der Waals surface area contributed by atoms with Gasteiger partial charge in [-0.15, -0.1) is 5.10 Å². The van der Waals surface area contributed by atoms with E-state index in [1.165, 1.54) is 0 Å². The van der Waals surface area contributed by atoms with Gasteiger partial charge in [0.15, 0.2) is 5.82 Å². The Morgan fingerprint density at radius 3 is 2.78 bits per heavy atom. The first-order valence-corrected chi connectivity index (χ1v) is 7.26. The minimum atomic E-state index is -0.119. The third kappa shape index (κ3) is 3.57. The first-order chi connectivity index (χ1) is 11.2. The quantitative estimate of drug-likeness (QED) is 0.768. The number of nitrogens with zero attached hydrogens (tertiary/aromatic N) is 5. The molecule has 7 nitrogen and oxygen atoms in total. The number of hydrogen-bond donors (Lipinski definition) is 1. The SMILES string of the molecule is Cc1nnnn1-c1cccc(C(=O)NCCc2ccncc2)c1. The molecule has 0 bridgehead atoms. The lowest BCUT2D eigenvalue weighted by Gasteiger charge is -2.07. The van der Waals surface area contributed by atoms with Crippen LogP contribution in [0.15, 0.2) is 48.8 Å². The van der Waals surface area contributed by atoms with E-state index in [0.717, 1.165) is 17.7 Å². The standard InChI is InChI=1S/C16H16N6O/c1-12-19-20-21-22(12)15-4-2-3-14(11-15)16(23)18-10-7-13-5-8-17-9-6-13/h2-6,8-9,11H,7,10H2,1H3,(H,18,23). The Labute approximate surface area is 133 Å². The zero-order valence-corrected chi connectivity index (χ0v) is 12.7. The highest BCUT2D eigenvalue weighted by molar-refractivity contribution is 5.94. The van der Waals surface area contributed by atoms with E-state index in [9.17, 15) is 4.79 Å². The van der Waals surface area contributed by atoms with E-state index in [-0.39, 0.29) is 5.91 Å². The maximum atomic E-state index is 12.3. The highest BCUT2D eigenvalue weighted by Crippen LogP contribution is 2.10. The summed E-state index contributed by atoms with van der Waals surface area (Å²) in [6, 6.07) is 11.1. The van der Waals surface area contributed by atoms with Crippen LogP contribution in [0.25, 0.3) is 5.69 Å². The number of carbonyl (C=O) groups is 1. The molecule has 0 aliphatic heterocycles. The molecule has 0 aliphatic carbocycles. The summed E-state index contributed by atoms with van der Waals surface area (Å²) in [4.78, 5) is 16.2. The van der Waals surface area contributed by atoms with Gasteiger partial charge in [-0.05, 0) is 59.7 Å². The number of rotatable bonds is 5. The zero-order chi connectivity index (χ0) is 16.1. The first kappa shape index (κ1) is 14.8. The van der Waals surface area contributed by atoms with Crippen LogP contribution in [0, 0.1) is 6.92 Å². The third-order valence-electron chi connectivity index (χ3n) is 3.43. The predicted molar refractivity (Wildman–Crippen MR) is 84.2 cm³/mol. The van der Waals surface area contributed by atoms with Crippen molar-refractivity contribution in [3.05, 3.63) is 65.7 Å². The van der Waals surface area contributed by atoms with E-state index in [4.69, 9.17) is 0 Å². The molecule has 3 rings (SSSR count). The Morgan fingerprint density at radius 1 is 1.22 bits per heavy atom. The van der Waals surface area contributed by atoms with Crippen LogP contribution in [0.5, 0.6) is 0 Å². The molecular weight excluding hydrogens is 292 g/mol. The molecule has 0 fully saturated rings. The molecule has 23 heavy (non-hydrogen) atoms. The molecule has 1 N–H and O–H groups in total. The van der Waals surface area contributed by atoms with Crippen LogP contribution in [0.1, 0.15) is 21.7 Å². The second kappa shape index (κ2) is 6.78. The molecule has 3 aromatic rings. The largest absolute Gasteiger partial charge is 0.352 e. The van der Waals surface area contributed by atoms with E-state index in [1.54, 1.807) is 29.2 Å². The molecule has 0 radical (unpaired) electrons. The number of tetrazole rings is 1. The van der Waals surface area contributed by atoms with Crippen molar-refractivity contribution in [2.75, 3.05) is 6.54 Å². The number of aromatic nitrogens is 5. The van der Waals surface area contributed by atoms with Crippen molar-refractivity contribution in [1.82, 2.24) is 30.5 Å². The van der Waals surface area contributed by atoms with E-state index in [1.807, 2.05) is 31.2 Å². The number of carbonyl (C=O) groups excluding carboxylic acids is 1. The summed E-state index contributed by atoms with van der Waals surface area (Å²) in [6.45, 7) is 2.37. The topological polar surface area (TPSA) is 85.6 Å². The van der Waals surface area contributed by atoms with Crippen LogP contribution in [-0.2, 0) is 6.42 Å². The molecule has 1 aromatic carbocycles. The van der Waals surface area contributed by atoms with Gasteiger partial charge in [-0.1, -0.05) is 6.07 Å². The van der Waals surface area contributed by atoms with Gasteiger partial charge in [0.2, 0.25) is 0 Å². The molecule has 0 saturated heterocycles. The van der Waals surface area contributed by atoms with Gasteiger partial charge >= 0.3 is 0 Å². The Morgan fingerprint density at radius 2 is 2.04 bits per heavy atom. The molecule has 0 aliphatic rings. The van der Waals surface area contributed by atoms with Gasteiger partial charge < -0.3 is 5.32 Å². The number of pyridine rings is 1. The Kier molecular flexibility index (Phi) is 4.37. The fourth-order valence-electron chi connectivity index (χ4n) is 2.22. The van der Waals surface area contributed by atoms with Crippen LogP contribution >= 0.6 is 0 Å². The highest BCUT2D eigenvalue weighted by atomic mass is 16.1. The predicted octanol–water partition coefficient (Wildman–Crippen LogP) is 1.34. The number of nitrogens with one attached hydrogen (secondary N) is 1. The molecule has 2 aromatic heterocycles. The summed E-state index contributed by atoms with van der Waals surface area (Å²) in [5.74, 6) is 0.548. The van der Waals surface area contributed by atoms with Crippen molar-refractivity contribution in [1.29, 1.82) is 0 Å². The van der Waals surface area contributed by atoms with Crippen molar-refractivity contribution in [3.8, 4) is 5.69 Å². The van der Waals surface area contributed by atoms with Gasteiger partial charge in [-0.3, -0.25) is 9.78 Å². The normalized spacial score (nSPS) is 10.5. The van der Waals surface area contributed by atoms with Crippen molar-refractivity contribution in [2.24, 2.45) is 0 Å². The number of aryl methyl sites for hydroxylation is 1. The molecule has 0 atom stereocenters. The summed E-state index contributed by atoms with van der Waals surface area (Å²) in [5, 5.41) is 14.3. The summed E-state index contributed by atoms with van der Waals surface area (Å²) >= 11 is 0. The van der Waals surface area contributed by atoms with E-state index >= 15 is 0 Å². The van der Waals surface area contributed by atoms with Gasteiger partial charge in [0, 0.05) is 24.5 Å². The van der Waals surface area contributed by atoms with Crippen molar-refractivity contribution < 1.29 is 4.79 Å². The van der Waals surface area contributed by atoms with Gasteiger partial charge in [0.1, 0.15) is 0 Å². The highest BCUT2D eigenvalue weighted by Gasteiger charge is 2.09. The molecular formula is C16H16N6O. The van der Waals surface area contributed by atoms with Crippen LogP contribution in [0.2, 0.25) is 0 Å². The van der Waals surface area contributed by atoms with Crippen molar-refractivity contribution in [3.63, 3.8) is 0 Å².